The van der Waals surface area contributed by atoms with Gasteiger partial charge in [-0.2, -0.15) is 0 Å². The third-order valence-corrected chi connectivity index (χ3v) is 4.71. The molecule has 0 spiro atoms. The van der Waals surface area contributed by atoms with Crippen LogP contribution in [0.5, 0.6) is 0 Å². The number of benzene rings is 3. The molecule has 0 unspecified atom stereocenters. The minimum Gasteiger partial charge on any atom is -0.450 e. The predicted molar refractivity (Wildman–Crippen MR) is 110 cm³/mol. The molecule has 0 saturated carbocycles. The molecule has 0 aliphatic carbocycles. The highest BCUT2D eigenvalue weighted by atomic mass is 35.5. The van der Waals surface area contributed by atoms with Crippen LogP contribution in [0.15, 0.2) is 77.2 Å². The zero-order chi connectivity index (χ0) is 18.8. The molecule has 1 N–H and O–H groups in total. The molecular weight excluding hydrogens is 358 g/mol. The van der Waals surface area contributed by atoms with E-state index in [1.54, 1.807) is 24.3 Å². The Kier molecular flexibility index (Phi) is 4.69. The molecule has 0 aliphatic rings. The summed E-state index contributed by atoms with van der Waals surface area (Å²) >= 11 is 5.94. The summed E-state index contributed by atoms with van der Waals surface area (Å²) in [7, 11) is 0. The van der Waals surface area contributed by atoms with E-state index in [9.17, 15) is 4.79 Å². The van der Waals surface area contributed by atoms with E-state index < -0.39 is 0 Å². The highest BCUT2D eigenvalue weighted by Gasteiger charge is 2.21. The lowest BCUT2D eigenvalue weighted by molar-refractivity contribution is 0.101. The number of hydrogen-bond acceptors (Lipinski definition) is 3. The molecule has 0 fully saturated rings. The average Bonchev–Trinajstić information content (AvgIpc) is 3.05. The van der Waals surface area contributed by atoms with Gasteiger partial charge in [0.2, 0.25) is 5.78 Å². The standard InChI is InChI=1S/C23H18ClNO2/c1-15-5-4-6-16(13-15)14-25-21-19-7-2-3-8-20(19)27-23(21)22(26)17-9-11-18(24)12-10-17/h2-13,25H,14H2,1H3. The average molecular weight is 376 g/mol. The lowest BCUT2D eigenvalue weighted by atomic mass is 10.1. The SMILES string of the molecule is Cc1cccc(CNc2c(C(=O)c3ccc(Cl)cc3)oc3ccccc23)c1. The summed E-state index contributed by atoms with van der Waals surface area (Å²) in [5, 5.41) is 4.88. The van der Waals surface area contributed by atoms with Gasteiger partial charge in [0.25, 0.3) is 0 Å². The van der Waals surface area contributed by atoms with Gasteiger partial charge in [-0.15, -0.1) is 0 Å². The Morgan fingerprint density at radius 1 is 1.00 bits per heavy atom. The summed E-state index contributed by atoms with van der Waals surface area (Å²) in [5.74, 6) is 0.140. The molecule has 0 atom stereocenters. The van der Waals surface area contributed by atoms with E-state index in [1.165, 1.54) is 5.56 Å². The predicted octanol–water partition coefficient (Wildman–Crippen LogP) is 6.24. The summed E-state index contributed by atoms with van der Waals surface area (Å²) in [6.45, 7) is 2.67. The summed E-state index contributed by atoms with van der Waals surface area (Å²) in [4.78, 5) is 13.0. The zero-order valence-electron chi connectivity index (χ0n) is 14.8. The van der Waals surface area contributed by atoms with Crippen molar-refractivity contribution < 1.29 is 9.21 Å². The van der Waals surface area contributed by atoms with Gasteiger partial charge in [-0.25, -0.2) is 0 Å². The second kappa shape index (κ2) is 7.29. The van der Waals surface area contributed by atoms with E-state index in [1.807, 2.05) is 30.3 Å². The molecule has 3 nitrogen and oxygen atoms in total. The number of ketones is 1. The molecule has 0 aliphatic heterocycles. The van der Waals surface area contributed by atoms with Crippen LogP contribution in [0.4, 0.5) is 5.69 Å². The maximum absolute atomic E-state index is 13.0. The Balaban J connectivity index is 1.72. The Hall–Kier alpha value is -3.04. The molecule has 0 saturated heterocycles. The van der Waals surface area contributed by atoms with Gasteiger partial charge in [0.15, 0.2) is 5.76 Å². The molecule has 4 heteroatoms. The molecule has 4 aromatic rings. The molecule has 27 heavy (non-hydrogen) atoms. The first-order valence-electron chi connectivity index (χ1n) is 8.73. The highest BCUT2D eigenvalue weighted by molar-refractivity contribution is 6.30. The maximum Gasteiger partial charge on any atom is 0.230 e. The number of anilines is 1. The quantitative estimate of drug-likeness (QED) is 0.420. The van der Waals surface area contributed by atoms with E-state index in [-0.39, 0.29) is 5.78 Å². The van der Waals surface area contributed by atoms with Gasteiger partial charge in [0.05, 0.1) is 5.69 Å². The molecule has 4 rings (SSSR count). The second-order valence-electron chi connectivity index (χ2n) is 6.48. The Bertz CT molecular complexity index is 1110. The van der Waals surface area contributed by atoms with Crippen LogP contribution in [-0.2, 0) is 6.54 Å². The lowest BCUT2D eigenvalue weighted by Crippen LogP contribution is -2.06. The molecule has 0 amide bonds. The van der Waals surface area contributed by atoms with Gasteiger partial charge in [-0.3, -0.25) is 4.79 Å². The fourth-order valence-corrected chi connectivity index (χ4v) is 3.25. The Morgan fingerprint density at radius 3 is 2.56 bits per heavy atom. The fraction of sp³-hybridized carbons (Fsp3) is 0.0870. The molecule has 1 heterocycles. The van der Waals surface area contributed by atoms with Gasteiger partial charge in [0, 0.05) is 22.5 Å². The first kappa shape index (κ1) is 17.4. The van der Waals surface area contributed by atoms with Crippen molar-refractivity contribution in [1.29, 1.82) is 0 Å². The largest absolute Gasteiger partial charge is 0.450 e. The number of nitrogens with one attached hydrogen (secondary N) is 1. The number of aryl methyl sites for hydroxylation is 1. The van der Waals surface area contributed by atoms with Crippen LogP contribution in [0.25, 0.3) is 11.0 Å². The van der Waals surface area contributed by atoms with Crippen molar-refractivity contribution in [2.24, 2.45) is 0 Å². The number of rotatable bonds is 5. The smallest absolute Gasteiger partial charge is 0.230 e. The number of carbonyl (C=O) groups is 1. The van der Waals surface area contributed by atoms with Gasteiger partial charge >= 0.3 is 0 Å². The second-order valence-corrected chi connectivity index (χ2v) is 6.92. The maximum atomic E-state index is 13.0. The van der Waals surface area contributed by atoms with E-state index in [4.69, 9.17) is 16.0 Å². The third kappa shape index (κ3) is 3.60. The normalized spacial score (nSPS) is 10.9. The van der Waals surface area contributed by atoms with E-state index in [0.717, 1.165) is 10.9 Å². The van der Waals surface area contributed by atoms with Gasteiger partial charge in [-0.1, -0.05) is 53.6 Å². The van der Waals surface area contributed by atoms with Crippen molar-refractivity contribution >= 4 is 34.0 Å². The van der Waals surface area contributed by atoms with Crippen LogP contribution >= 0.6 is 11.6 Å². The minimum absolute atomic E-state index is 0.172. The minimum atomic E-state index is -0.172. The topological polar surface area (TPSA) is 42.2 Å². The monoisotopic (exact) mass is 375 g/mol. The number of furan rings is 1. The summed E-state index contributed by atoms with van der Waals surface area (Å²) in [5.41, 5.74) is 4.28. The Labute approximate surface area is 162 Å². The van der Waals surface area contributed by atoms with E-state index >= 15 is 0 Å². The molecule has 0 bridgehead atoms. The molecular formula is C23H18ClNO2. The summed E-state index contributed by atoms with van der Waals surface area (Å²) in [6, 6.07) is 22.8. The van der Waals surface area contributed by atoms with Crippen molar-refractivity contribution in [1.82, 2.24) is 0 Å². The molecule has 0 radical (unpaired) electrons. The van der Waals surface area contributed by atoms with Gasteiger partial charge in [0.1, 0.15) is 5.58 Å². The van der Waals surface area contributed by atoms with Gasteiger partial charge < -0.3 is 9.73 Å². The van der Waals surface area contributed by atoms with E-state index in [2.05, 4.69) is 30.4 Å². The van der Waals surface area contributed by atoms with Gasteiger partial charge in [-0.05, 0) is 48.9 Å². The highest BCUT2D eigenvalue weighted by Crippen LogP contribution is 2.33. The number of fused-ring (bicyclic) bond motifs is 1. The molecule has 3 aromatic carbocycles. The van der Waals surface area contributed by atoms with Crippen LogP contribution in [0.3, 0.4) is 0 Å². The Morgan fingerprint density at radius 2 is 1.78 bits per heavy atom. The zero-order valence-corrected chi connectivity index (χ0v) is 15.6. The van der Waals surface area contributed by atoms with Crippen LogP contribution in [0.2, 0.25) is 5.02 Å². The molecule has 134 valence electrons. The molecule has 1 aromatic heterocycles. The third-order valence-electron chi connectivity index (χ3n) is 4.46. The number of hydrogen-bond donors (Lipinski definition) is 1. The summed E-state index contributed by atoms with van der Waals surface area (Å²) < 4.78 is 5.91. The van der Waals surface area contributed by atoms with Crippen molar-refractivity contribution in [3.63, 3.8) is 0 Å². The van der Waals surface area contributed by atoms with Crippen LogP contribution < -0.4 is 5.32 Å². The van der Waals surface area contributed by atoms with E-state index in [0.29, 0.717) is 34.2 Å². The van der Waals surface area contributed by atoms with Crippen molar-refractivity contribution in [2.75, 3.05) is 5.32 Å². The van der Waals surface area contributed by atoms with Crippen molar-refractivity contribution in [3.8, 4) is 0 Å². The fourth-order valence-electron chi connectivity index (χ4n) is 3.13. The van der Waals surface area contributed by atoms with Crippen LogP contribution in [0.1, 0.15) is 27.2 Å². The first-order chi connectivity index (χ1) is 13.1. The van der Waals surface area contributed by atoms with Crippen molar-refractivity contribution in [2.45, 2.75) is 13.5 Å². The summed E-state index contributed by atoms with van der Waals surface area (Å²) in [6.07, 6.45) is 0. The first-order valence-corrected chi connectivity index (χ1v) is 9.11. The van der Waals surface area contributed by atoms with Crippen LogP contribution in [-0.4, -0.2) is 5.78 Å². The lowest BCUT2D eigenvalue weighted by Gasteiger charge is -2.08. The van der Waals surface area contributed by atoms with Crippen molar-refractivity contribution in [3.05, 3.63) is 100 Å². The van der Waals surface area contributed by atoms with Crippen LogP contribution in [0, 0.1) is 6.92 Å². The number of halogens is 1. The number of carbonyl (C=O) groups excluding carboxylic acids is 1. The number of para-hydroxylation sites is 1.